The van der Waals surface area contributed by atoms with Crippen LogP contribution in [-0.4, -0.2) is 23.1 Å². The number of anilines is 2. The maximum atomic E-state index is 5.98. The molecule has 5 heteroatoms. The molecule has 0 aromatic carbocycles. The van der Waals surface area contributed by atoms with Crippen molar-refractivity contribution in [3.63, 3.8) is 0 Å². The van der Waals surface area contributed by atoms with E-state index in [1.165, 1.54) is 0 Å². The molecule has 1 aromatic heterocycles. The maximum absolute atomic E-state index is 5.98. The molecule has 0 saturated carbocycles. The number of nitrogens with two attached hydrogens (primary N) is 1. The van der Waals surface area contributed by atoms with Crippen LogP contribution in [0.25, 0.3) is 0 Å². The van der Waals surface area contributed by atoms with Crippen LogP contribution in [0, 0.1) is 0 Å². The van der Waals surface area contributed by atoms with E-state index in [1.54, 1.807) is 6.08 Å². The Morgan fingerprint density at radius 3 is 2.56 bits per heavy atom. The summed E-state index contributed by atoms with van der Waals surface area (Å²) in [5.74, 6) is 1.73. The van der Waals surface area contributed by atoms with Crippen molar-refractivity contribution in [2.45, 2.75) is 33.1 Å². The van der Waals surface area contributed by atoms with Gasteiger partial charge in [-0.1, -0.05) is 26.8 Å². The third-order valence-corrected chi connectivity index (χ3v) is 2.28. The average Bonchev–Trinajstić information content (AvgIpc) is 2.29. The third kappa shape index (κ3) is 3.35. The summed E-state index contributed by atoms with van der Waals surface area (Å²) < 4.78 is 5.45. The molecule has 0 aliphatic rings. The van der Waals surface area contributed by atoms with Crippen molar-refractivity contribution in [3.8, 4) is 5.88 Å². The Labute approximate surface area is 108 Å². The Balaban J connectivity index is 3.22. The summed E-state index contributed by atoms with van der Waals surface area (Å²) in [4.78, 5) is 8.83. The Morgan fingerprint density at radius 1 is 1.39 bits per heavy atom. The number of aromatic nitrogens is 2. The van der Waals surface area contributed by atoms with Gasteiger partial charge in [0, 0.05) is 12.0 Å². The molecule has 0 aliphatic heterocycles. The summed E-state index contributed by atoms with van der Waals surface area (Å²) in [6.45, 7) is 12.8. The topological polar surface area (TPSA) is 73.1 Å². The fourth-order valence-corrected chi connectivity index (χ4v) is 1.33. The van der Waals surface area contributed by atoms with E-state index in [2.05, 4.69) is 21.9 Å². The minimum absolute atomic E-state index is 0.163. The van der Waals surface area contributed by atoms with E-state index in [-0.39, 0.29) is 5.41 Å². The molecule has 1 rings (SSSR count). The molecule has 0 amide bonds. The predicted molar refractivity (Wildman–Crippen MR) is 75.0 cm³/mol. The second-order valence-electron chi connectivity index (χ2n) is 4.97. The zero-order chi connectivity index (χ0) is 13.8. The smallest absolute Gasteiger partial charge is 0.242 e. The van der Waals surface area contributed by atoms with Gasteiger partial charge < -0.3 is 15.8 Å². The molecule has 1 heterocycles. The van der Waals surface area contributed by atoms with Gasteiger partial charge in [-0.05, 0) is 6.92 Å². The summed E-state index contributed by atoms with van der Waals surface area (Å²) in [5, 5.41) is 3.10. The molecular formula is C13H22N4O. The number of nitrogen functional groups attached to an aromatic ring is 1. The van der Waals surface area contributed by atoms with Crippen molar-refractivity contribution < 1.29 is 4.74 Å². The van der Waals surface area contributed by atoms with Crippen LogP contribution in [-0.2, 0) is 5.41 Å². The van der Waals surface area contributed by atoms with Gasteiger partial charge in [0.25, 0.3) is 0 Å². The Morgan fingerprint density at radius 2 is 2.06 bits per heavy atom. The second-order valence-corrected chi connectivity index (χ2v) is 4.97. The molecular weight excluding hydrogens is 228 g/mol. The SMILES string of the molecule is C=CCNc1nc(C(C)(C)C)nc(OCC)c1N. The molecule has 0 bridgehead atoms. The lowest BCUT2D eigenvalue weighted by molar-refractivity contribution is 0.324. The summed E-state index contributed by atoms with van der Waals surface area (Å²) in [6.07, 6.45) is 1.75. The highest BCUT2D eigenvalue weighted by Crippen LogP contribution is 2.30. The van der Waals surface area contributed by atoms with Gasteiger partial charge in [0.2, 0.25) is 5.88 Å². The van der Waals surface area contributed by atoms with Crippen molar-refractivity contribution in [1.29, 1.82) is 0 Å². The van der Waals surface area contributed by atoms with E-state index >= 15 is 0 Å². The largest absolute Gasteiger partial charge is 0.476 e. The van der Waals surface area contributed by atoms with Crippen molar-refractivity contribution >= 4 is 11.5 Å². The zero-order valence-corrected chi connectivity index (χ0v) is 11.6. The van der Waals surface area contributed by atoms with Crippen molar-refractivity contribution in [1.82, 2.24) is 9.97 Å². The third-order valence-electron chi connectivity index (χ3n) is 2.28. The normalized spacial score (nSPS) is 11.1. The lowest BCUT2D eigenvalue weighted by Gasteiger charge is -2.20. The summed E-state index contributed by atoms with van der Waals surface area (Å²) in [7, 11) is 0. The van der Waals surface area contributed by atoms with E-state index in [9.17, 15) is 0 Å². The number of hydrogen-bond donors (Lipinski definition) is 2. The van der Waals surface area contributed by atoms with E-state index in [0.717, 1.165) is 0 Å². The predicted octanol–water partition coefficient (Wildman–Crippen LogP) is 2.35. The molecule has 0 atom stereocenters. The second kappa shape index (κ2) is 5.71. The molecule has 0 unspecified atom stereocenters. The van der Waals surface area contributed by atoms with Crippen LogP contribution >= 0.6 is 0 Å². The number of nitrogens with zero attached hydrogens (tertiary/aromatic N) is 2. The Hall–Kier alpha value is -1.78. The monoisotopic (exact) mass is 250 g/mol. The van der Waals surface area contributed by atoms with E-state index < -0.39 is 0 Å². The first-order chi connectivity index (χ1) is 8.40. The van der Waals surface area contributed by atoms with Crippen LogP contribution in [0.5, 0.6) is 5.88 Å². The maximum Gasteiger partial charge on any atom is 0.242 e. The van der Waals surface area contributed by atoms with Gasteiger partial charge in [0.05, 0.1) is 6.61 Å². The van der Waals surface area contributed by atoms with Gasteiger partial charge in [-0.2, -0.15) is 4.98 Å². The fourth-order valence-electron chi connectivity index (χ4n) is 1.33. The van der Waals surface area contributed by atoms with Crippen LogP contribution in [0.2, 0.25) is 0 Å². The summed E-state index contributed by atoms with van der Waals surface area (Å²) in [6, 6.07) is 0. The molecule has 0 saturated heterocycles. The highest BCUT2D eigenvalue weighted by atomic mass is 16.5. The Bertz CT molecular complexity index is 424. The highest BCUT2D eigenvalue weighted by molar-refractivity contribution is 5.67. The molecule has 0 radical (unpaired) electrons. The van der Waals surface area contributed by atoms with Crippen LogP contribution in [0.15, 0.2) is 12.7 Å². The number of nitrogens with one attached hydrogen (secondary N) is 1. The van der Waals surface area contributed by atoms with Gasteiger partial charge >= 0.3 is 0 Å². The minimum Gasteiger partial charge on any atom is -0.476 e. The van der Waals surface area contributed by atoms with Gasteiger partial charge in [-0.3, -0.25) is 0 Å². The first-order valence-corrected chi connectivity index (χ1v) is 6.05. The average molecular weight is 250 g/mol. The van der Waals surface area contributed by atoms with Crippen molar-refractivity contribution in [2.24, 2.45) is 0 Å². The molecule has 0 aliphatic carbocycles. The molecule has 0 fully saturated rings. The van der Waals surface area contributed by atoms with Gasteiger partial charge in [0.1, 0.15) is 11.5 Å². The molecule has 3 N–H and O–H groups in total. The highest BCUT2D eigenvalue weighted by Gasteiger charge is 2.22. The van der Waals surface area contributed by atoms with Crippen LogP contribution in [0.4, 0.5) is 11.5 Å². The first-order valence-electron chi connectivity index (χ1n) is 6.05. The first kappa shape index (κ1) is 14.3. The lowest BCUT2D eigenvalue weighted by atomic mass is 9.96. The molecule has 100 valence electrons. The van der Waals surface area contributed by atoms with E-state index in [1.807, 2.05) is 27.7 Å². The van der Waals surface area contributed by atoms with Crippen molar-refractivity contribution in [2.75, 3.05) is 24.2 Å². The van der Waals surface area contributed by atoms with E-state index in [0.29, 0.717) is 36.4 Å². The van der Waals surface area contributed by atoms with Gasteiger partial charge in [0.15, 0.2) is 5.82 Å². The van der Waals surface area contributed by atoms with Gasteiger partial charge in [-0.15, -0.1) is 6.58 Å². The summed E-state index contributed by atoms with van der Waals surface area (Å²) >= 11 is 0. The van der Waals surface area contributed by atoms with Crippen LogP contribution in [0.1, 0.15) is 33.5 Å². The zero-order valence-electron chi connectivity index (χ0n) is 11.6. The molecule has 0 spiro atoms. The van der Waals surface area contributed by atoms with Crippen LogP contribution in [0.3, 0.4) is 0 Å². The van der Waals surface area contributed by atoms with E-state index in [4.69, 9.17) is 10.5 Å². The number of rotatable bonds is 5. The Kier molecular flexibility index (Phi) is 4.53. The fraction of sp³-hybridized carbons (Fsp3) is 0.538. The standard InChI is InChI=1S/C13H22N4O/c1-6-8-15-10-9(14)11(18-7-2)17-12(16-10)13(3,4)5/h6H,1,7-8,14H2,2-5H3,(H,15,16,17). The lowest BCUT2D eigenvalue weighted by Crippen LogP contribution is -2.19. The van der Waals surface area contributed by atoms with Crippen LogP contribution < -0.4 is 15.8 Å². The number of hydrogen-bond acceptors (Lipinski definition) is 5. The van der Waals surface area contributed by atoms with Gasteiger partial charge in [-0.25, -0.2) is 4.98 Å². The van der Waals surface area contributed by atoms with Crippen molar-refractivity contribution in [3.05, 3.63) is 18.5 Å². The molecule has 5 nitrogen and oxygen atoms in total. The molecule has 1 aromatic rings. The number of ether oxygens (including phenoxy) is 1. The summed E-state index contributed by atoms with van der Waals surface area (Å²) in [5.41, 5.74) is 6.25. The quantitative estimate of drug-likeness (QED) is 0.785. The molecule has 18 heavy (non-hydrogen) atoms. The minimum atomic E-state index is -0.163.